The molecule has 0 aliphatic carbocycles. The van der Waals surface area contributed by atoms with Crippen molar-refractivity contribution in [2.45, 2.75) is 24.8 Å². The zero-order chi connectivity index (χ0) is 18.7. The van der Waals surface area contributed by atoms with Gasteiger partial charge in [0.25, 0.3) is 5.89 Å². The largest absolute Gasteiger partial charge is 0.334 e. The fourth-order valence-electron chi connectivity index (χ4n) is 3.08. The molecule has 9 heteroatoms. The van der Waals surface area contributed by atoms with Crippen molar-refractivity contribution in [3.63, 3.8) is 0 Å². The summed E-state index contributed by atoms with van der Waals surface area (Å²) in [7, 11) is -1.50. The molecule has 0 saturated carbocycles. The standard InChI is InChI=1S/C17H25N5O3S/c1-4-22(5-2)26(23,24)14-8-6-7-13(11-14)17-19-16(20-25-17)15-12-18-9-10-21(15)3/h6-8,11,15,18H,4-5,9-10,12H2,1-3H3. The van der Waals surface area contributed by atoms with Crippen molar-refractivity contribution in [1.29, 1.82) is 0 Å². The van der Waals surface area contributed by atoms with E-state index in [2.05, 4.69) is 20.4 Å². The van der Waals surface area contributed by atoms with Crippen LogP contribution in [0.2, 0.25) is 0 Å². The Kier molecular flexibility index (Phi) is 5.71. The Balaban J connectivity index is 1.89. The van der Waals surface area contributed by atoms with Crippen LogP contribution < -0.4 is 5.32 Å². The molecule has 0 radical (unpaired) electrons. The minimum absolute atomic E-state index is 0.0452. The molecule has 142 valence electrons. The molecule has 0 bridgehead atoms. The summed E-state index contributed by atoms with van der Waals surface area (Å²) < 4.78 is 32.3. The molecular weight excluding hydrogens is 354 g/mol. The van der Waals surface area contributed by atoms with Gasteiger partial charge in [-0.15, -0.1) is 0 Å². The van der Waals surface area contributed by atoms with Gasteiger partial charge in [0.1, 0.15) is 0 Å². The van der Waals surface area contributed by atoms with Crippen LogP contribution in [0, 0.1) is 0 Å². The average Bonchev–Trinajstić information content (AvgIpc) is 3.13. The fourth-order valence-corrected chi connectivity index (χ4v) is 4.59. The Morgan fingerprint density at radius 1 is 1.35 bits per heavy atom. The molecule has 1 fully saturated rings. The van der Waals surface area contributed by atoms with Gasteiger partial charge >= 0.3 is 0 Å². The van der Waals surface area contributed by atoms with Crippen LogP contribution in [-0.2, 0) is 10.0 Å². The van der Waals surface area contributed by atoms with Gasteiger partial charge in [-0.1, -0.05) is 25.1 Å². The monoisotopic (exact) mass is 379 g/mol. The summed E-state index contributed by atoms with van der Waals surface area (Å²) in [5.41, 5.74) is 0.600. The van der Waals surface area contributed by atoms with E-state index in [1.807, 2.05) is 20.9 Å². The first-order valence-corrected chi connectivity index (χ1v) is 10.3. The zero-order valence-electron chi connectivity index (χ0n) is 15.3. The third-order valence-electron chi connectivity index (χ3n) is 4.67. The highest BCUT2D eigenvalue weighted by Gasteiger charge is 2.26. The van der Waals surface area contributed by atoms with Gasteiger partial charge in [0.2, 0.25) is 10.0 Å². The van der Waals surface area contributed by atoms with Gasteiger partial charge in [-0.2, -0.15) is 9.29 Å². The van der Waals surface area contributed by atoms with Crippen LogP contribution in [0.15, 0.2) is 33.7 Å². The fraction of sp³-hybridized carbons (Fsp3) is 0.529. The Hall–Kier alpha value is -1.81. The van der Waals surface area contributed by atoms with E-state index in [1.54, 1.807) is 24.3 Å². The molecular formula is C17H25N5O3S. The first-order chi connectivity index (χ1) is 12.5. The van der Waals surface area contributed by atoms with Crippen molar-refractivity contribution in [2.24, 2.45) is 0 Å². The van der Waals surface area contributed by atoms with Gasteiger partial charge in [-0.3, -0.25) is 4.90 Å². The predicted molar refractivity (Wildman–Crippen MR) is 98.1 cm³/mol. The van der Waals surface area contributed by atoms with E-state index in [4.69, 9.17) is 4.52 Å². The predicted octanol–water partition coefficient (Wildman–Crippen LogP) is 1.34. The quantitative estimate of drug-likeness (QED) is 0.810. The summed E-state index contributed by atoms with van der Waals surface area (Å²) in [5.74, 6) is 0.933. The number of sulfonamides is 1. The van der Waals surface area contributed by atoms with Gasteiger partial charge in [0, 0.05) is 38.3 Å². The highest BCUT2D eigenvalue weighted by Crippen LogP contribution is 2.25. The smallest absolute Gasteiger partial charge is 0.258 e. The lowest BCUT2D eigenvalue weighted by atomic mass is 10.2. The summed E-state index contributed by atoms with van der Waals surface area (Å²) in [4.78, 5) is 6.90. The van der Waals surface area contributed by atoms with Crippen LogP contribution in [0.4, 0.5) is 0 Å². The van der Waals surface area contributed by atoms with Crippen LogP contribution in [0.25, 0.3) is 11.5 Å². The van der Waals surface area contributed by atoms with Crippen LogP contribution >= 0.6 is 0 Å². The summed E-state index contributed by atoms with van der Waals surface area (Å²) in [6.45, 7) is 7.10. The molecule has 8 nitrogen and oxygen atoms in total. The summed E-state index contributed by atoms with van der Waals surface area (Å²) in [5, 5.41) is 7.42. The number of hydrogen-bond donors (Lipinski definition) is 1. The van der Waals surface area contributed by atoms with E-state index >= 15 is 0 Å². The van der Waals surface area contributed by atoms with E-state index in [9.17, 15) is 8.42 Å². The van der Waals surface area contributed by atoms with E-state index < -0.39 is 10.0 Å². The first kappa shape index (κ1) is 19.0. The second kappa shape index (κ2) is 7.83. The van der Waals surface area contributed by atoms with Gasteiger partial charge in [0.15, 0.2) is 5.82 Å². The maximum absolute atomic E-state index is 12.7. The van der Waals surface area contributed by atoms with Gasteiger partial charge in [0.05, 0.1) is 10.9 Å². The summed E-state index contributed by atoms with van der Waals surface area (Å²) in [6.07, 6.45) is 0. The molecule has 3 rings (SSSR count). The molecule has 1 aromatic heterocycles. The number of benzene rings is 1. The minimum Gasteiger partial charge on any atom is -0.334 e. The molecule has 1 atom stereocenters. The van der Waals surface area contributed by atoms with Crippen LogP contribution in [0.1, 0.15) is 25.7 Å². The lowest BCUT2D eigenvalue weighted by Crippen LogP contribution is -2.44. The Bertz CT molecular complexity index is 848. The van der Waals surface area contributed by atoms with E-state index in [0.717, 1.165) is 19.6 Å². The minimum atomic E-state index is -3.53. The Morgan fingerprint density at radius 2 is 2.12 bits per heavy atom. The molecule has 26 heavy (non-hydrogen) atoms. The maximum atomic E-state index is 12.7. The highest BCUT2D eigenvalue weighted by atomic mass is 32.2. The molecule has 1 aliphatic heterocycles. The first-order valence-electron chi connectivity index (χ1n) is 8.82. The topological polar surface area (TPSA) is 91.6 Å². The molecule has 1 N–H and O–H groups in total. The van der Waals surface area contributed by atoms with Crippen LogP contribution in [0.5, 0.6) is 0 Å². The second-order valence-corrected chi connectivity index (χ2v) is 8.21. The van der Waals surface area contributed by atoms with E-state index in [-0.39, 0.29) is 10.9 Å². The average molecular weight is 379 g/mol. The lowest BCUT2D eigenvalue weighted by Gasteiger charge is -2.30. The SMILES string of the molecule is CCN(CC)S(=O)(=O)c1cccc(-c2nc(C3CNCCN3C)no2)c1. The van der Waals surface area contributed by atoms with Crippen molar-refractivity contribution >= 4 is 10.0 Å². The third kappa shape index (κ3) is 3.66. The molecule has 1 saturated heterocycles. The van der Waals surface area contributed by atoms with Crippen LogP contribution in [-0.4, -0.2) is 67.5 Å². The number of rotatable bonds is 6. The third-order valence-corrected chi connectivity index (χ3v) is 6.72. The number of nitrogens with one attached hydrogen (secondary N) is 1. The number of nitrogens with zero attached hydrogens (tertiary/aromatic N) is 4. The number of hydrogen-bond acceptors (Lipinski definition) is 7. The maximum Gasteiger partial charge on any atom is 0.258 e. The van der Waals surface area contributed by atoms with Crippen molar-refractivity contribution in [3.05, 3.63) is 30.1 Å². The molecule has 0 amide bonds. The lowest BCUT2D eigenvalue weighted by molar-refractivity contribution is 0.190. The molecule has 0 spiro atoms. The zero-order valence-corrected chi connectivity index (χ0v) is 16.2. The van der Waals surface area contributed by atoms with Crippen molar-refractivity contribution in [1.82, 2.24) is 24.7 Å². The highest BCUT2D eigenvalue weighted by molar-refractivity contribution is 7.89. The Labute approximate surface area is 154 Å². The molecule has 2 heterocycles. The molecule has 1 aliphatic rings. The van der Waals surface area contributed by atoms with Crippen molar-refractivity contribution < 1.29 is 12.9 Å². The van der Waals surface area contributed by atoms with Gasteiger partial charge in [-0.25, -0.2) is 8.42 Å². The molecule has 1 aromatic carbocycles. The number of likely N-dealkylation sites (N-methyl/N-ethyl adjacent to an activating group) is 1. The summed E-state index contributed by atoms with van der Waals surface area (Å²) >= 11 is 0. The second-order valence-electron chi connectivity index (χ2n) is 6.28. The van der Waals surface area contributed by atoms with E-state index in [0.29, 0.717) is 30.4 Å². The summed E-state index contributed by atoms with van der Waals surface area (Å²) in [6, 6.07) is 6.70. The Morgan fingerprint density at radius 3 is 2.81 bits per heavy atom. The van der Waals surface area contributed by atoms with Gasteiger partial charge in [-0.05, 0) is 25.2 Å². The number of piperazine rings is 1. The normalized spacial score (nSPS) is 19.2. The van der Waals surface area contributed by atoms with Crippen molar-refractivity contribution in [2.75, 3.05) is 39.8 Å². The molecule has 2 aromatic rings. The van der Waals surface area contributed by atoms with Crippen LogP contribution in [0.3, 0.4) is 0 Å². The van der Waals surface area contributed by atoms with Crippen molar-refractivity contribution in [3.8, 4) is 11.5 Å². The molecule has 1 unspecified atom stereocenters. The van der Waals surface area contributed by atoms with Gasteiger partial charge < -0.3 is 9.84 Å². The number of aromatic nitrogens is 2. The van der Waals surface area contributed by atoms with E-state index in [1.165, 1.54) is 4.31 Å².